The van der Waals surface area contributed by atoms with E-state index in [1.54, 1.807) is 4.52 Å². The van der Waals surface area contributed by atoms with E-state index in [1.807, 2.05) is 72.8 Å². The molecule has 2 heterocycles. The number of hydrogen-bond acceptors (Lipinski definition) is 5. The van der Waals surface area contributed by atoms with E-state index in [4.69, 9.17) is 0 Å². The lowest BCUT2D eigenvalue weighted by Crippen LogP contribution is -2.14. The number of nitrogens with zero attached hydrogens (tertiary/aromatic N) is 4. The summed E-state index contributed by atoms with van der Waals surface area (Å²) in [6.45, 7) is 0.0939. The zero-order valence-corrected chi connectivity index (χ0v) is 14.2. The molecule has 0 saturated carbocycles. The first-order chi connectivity index (χ1) is 12.8. The van der Waals surface area contributed by atoms with Crippen molar-refractivity contribution < 1.29 is 5.11 Å². The Kier molecular flexibility index (Phi) is 4.57. The molecule has 0 saturated heterocycles. The van der Waals surface area contributed by atoms with E-state index in [0.717, 1.165) is 11.1 Å². The zero-order valence-electron chi connectivity index (χ0n) is 14.2. The Morgan fingerprint density at radius 2 is 1.62 bits per heavy atom. The molecule has 26 heavy (non-hydrogen) atoms. The van der Waals surface area contributed by atoms with Crippen molar-refractivity contribution >= 4 is 11.5 Å². The Hall–Kier alpha value is -3.25. The average Bonchev–Trinajstić information content (AvgIpc) is 3.12. The van der Waals surface area contributed by atoms with Gasteiger partial charge in [0.05, 0.1) is 6.04 Å². The third-order valence-corrected chi connectivity index (χ3v) is 4.24. The van der Waals surface area contributed by atoms with Crippen molar-refractivity contribution in [3.63, 3.8) is 0 Å². The van der Waals surface area contributed by atoms with Crippen LogP contribution in [0.25, 0.3) is 17.0 Å². The number of nitrogens with one attached hydrogen (secondary N) is 1. The summed E-state index contributed by atoms with van der Waals surface area (Å²) < 4.78 is 1.73. The number of aromatic nitrogens is 4. The lowest BCUT2D eigenvalue weighted by atomic mass is 10.0. The molecule has 0 aliphatic heterocycles. The van der Waals surface area contributed by atoms with Crippen LogP contribution in [-0.4, -0.2) is 31.5 Å². The molecule has 2 N–H and O–H groups in total. The summed E-state index contributed by atoms with van der Waals surface area (Å²) in [5.41, 5.74) is 2.75. The molecule has 130 valence electrons. The Morgan fingerprint density at radius 1 is 0.885 bits per heavy atom. The second-order valence-corrected chi connectivity index (χ2v) is 6.00. The van der Waals surface area contributed by atoms with Gasteiger partial charge in [0, 0.05) is 12.2 Å². The van der Waals surface area contributed by atoms with E-state index in [0.29, 0.717) is 23.7 Å². The highest BCUT2D eigenvalue weighted by molar-refractivity contribution is 5.59. The quantitative estimate of drug-likeness (QED) is 0.561. The normalized spacial score (nSPS) is 12.2. The van der Waals surface area contributed by atoms with E-state index in [-0.39, 0.29) is 12.6 Å². The Bertz CT molecular complexity index is 985. The molecule has 1 atom stereocenters. The van der Waals surface area contributed by atoms with Gasteiger partial charge < -0.3 is 10.4 Å². The average molecular weight is 345 g/mol. The highest BCUT2D eigenvalue weighted by Crippen LogP contribution is 2.23. The molecule has 0 amide bonds. The van der Waals surface area contributed by atoms with E-state index < -0.39 is 0 Å². The maximum atomic E-state index is 9.42. The molecule has 2 aromatic carbocycles. The van der Waals surface area contributed by atoms with Gasteiger partial charge >= 0.3 is 0 Å². The monoisotopic (exact) mass is 345 g/mol. The van der Waals surface area contributed by atoms with Crippen LogP contribution in [0.15, 0.2) is 72.8 Å². The van der Waals surface area contributed by atoms with Crippen molar-refractivity contribution in [3.05, 3.63) is 78.4 Å². The summed E-state index contributed by atoms with van der Waals surface area (Å²) in [6.07, 6.45) is 0.595. The fourth-order valence-corrected chi connectivity index (χ4v) is 2.95. The van der Waals surface area contributed by atoms with Crippen molar-refractivity contribution in [1.82, 2.24) is 19.8 Å². The minimum Gasteiger partial charge on any atom is -0.396 e. The van der Waals surface area contributed by atoms with E-state index >= 15 is 0 Å². The van der Waals surface area contributed by atoms with Crippen LogP contribution in [0.2, 0.25) is 0 Å². The highest BCUT2D eigenvalue weighted by atomic mass is 16.3. The fourth-order valence-electron chi connectivity index (χ4n) is 2.95. The molecule has 0 fully saturated rings. The Morgan fingerprint density at radius 3 is 2.35 bits per heavy atom. The van der Waals surface area contributed by atoms with Gasteiger partial charge in [0.1, 0.15) is 5.82 Å². The predicted molar refractivity (Wildman–Crippen MR) is 101 cm³/mol. The topological polar surface area (TPSA) is 75.3 Å². The van der Waals surface area contributed by atoms with Crippen molar-refractivity contribution in [2.24, 2.45) is 0 Å². The molecule has 0 aliphatic carbocycles. The molecule has 4 rings (SSSR count). The van der Waals surface area contributed by atoms with Gasteiger partial charge in [-0.3, -0.25) is 0 Å². The van der Waals surface area contributed by atoms with Crippen molar-refractivity contribution in [3.8, 4) is 11.4 Å². The van der Waals surface area contributed by atoms with E-state index in [2.05, 4.69) is 20.6 Å². The molecular weight excluding hydrogens is 326 g/mol. The van der Waals surface area contributed by atoms with Crippen LogP contribution in [0.5, 0.6) is 0 Å². The molecule has 4 aromatic rings. The number of fused-ring (bicyclic) bond motifs is 1. The fraction of sp³-hybridized carbons (Fsp3) is 0.150. The molecule has 0 spiro atoms. The van der Waals surface area contributed by atoms with Gasteiger partial charge in [0.2, 0.25) is 0 Å². The number of aliphatic hydroxyl groups is 1. The Labute approximate surface area is 151 Å². The molecule has 6 nitrogen and oxygen atoms in total. The highest BCUT2D eigenvalue weighted by Gasteiger charge is 2.14. The number of benzene rings is 2. The summed E-state index contributed by atoms with van der Waals surface area (Å²) in [5.74, 6) is 1.40. The number of hydrogen-bond donors (Lipinski definition) is 2. The van der Waals surface area contributed by atoms with Crippen LogP contribution in [0.1, 0.15) is 18.0 Å². The summed E-state index contributed by atoms with van der Waals surface area (Å²) in [5, 5.41) is 25.9. The first-order valence-corrected chi connectivity index (χ1v) is 8.55. The number of aliphatic hydroxyl groups excluding tert-OH is 1. The molecule has 0 bridgehead atoms. The lowest BCUT2D eigenvalue weighted by Gasteiger charge is -2.18. The minimum atomic E-state index is -0.0252. The maximum Gasteiger partial charge on any atom is 0.185 e. The summed E-state index contributed by atoms with van der Waals surface area (Å²) in [4.78, 5) is 0. The van der Waals surface area contributed by atoms with Gasteiger partial charge in [-0.2, -0.15) is 4.52 Å². The first kappa shape index (κ1) is 16.2. The summed E-state index contributed by atoms with van der Waals surface area (Å²) in [6, 6.07) is 23.6. The predicted octanol–water partition coefficient (Wildman–Crippen LogP) is 3.33. The minimum absolute atomic E-state index is 0.0252. The second kappa shape index (κ2) is 7.33. The largest absolute Gasteiger partial charge is 0.396 e. The zero-order chi connectivity index (χ0) is 17.8. The van der Waals surface area contributed by atoms with Crippen LogP contribution in [0.3, 0.4) is 0 Å². The van der Waals surface area contributed by atoms with Gasteiger partial charge in [-0.15, -0.1) is 15.3 Å². The first-order valence-electron chi connectivity index (χ1n) is 8.55. The van der Waals surface area contributed by atoms with E-state index in [1.165, 1.54) is 0 Å². The van der Waals surface area contributed by atoms with Crippen molar-refractivity contribution in [2.75, 3.05) is 11.9 Å². The maximum absolute atomic E-state index is 9.42. The SMILES string of the molecule is OCC[C@@H](Nc1ccc2nnc(-c3ccccc3)n2n1)c1ccccc1. The van der Waals surface area contributed by atoms with Crippen LogP contribution in [-0.2, 0) is 0 Å². The molecule has 6 heteroatoms. The van der Waals surface area contributed by atoms with Crippen LogP contribution >= 0.6 is 0 Å². The van der Waals surface area contributed by atoms with Crippen LogP contribution < -0.4 is 5.32 Å². The summed E-state index contributed by atoms with van der Waals surface area (Å²) >= 11 is 0. The number of rotatable bonds is 6. The van der Waals surface area contributed by atoms with Crippen LogP contribution in [0.4, 0.5) is 5.82 Å². The van der Waals surface area contributed by atoms with E-state index in [9.17, 15) is 5.11 Å². The van der Waals surface area contributed by atoms with Crippen molar-refractivity contribution in [2.45, 2.75) is 12.5 Å². The molecule has 2 aromatic heterocycles. The second-order valence-electron chi connectivity index (χ2n) is 6.00. The van der Waals surface area contributed by atoms with Gasteiger partial charge in [-0.1, -0.05) is 60.7 Å². The van der Waals surface area contributed by atoms with Gasteiger partial charge in [-0.25, -0.2) is 0 Å². The molecule has 0 aliphatic rings. The van der Waals surface area contributed by atoms with Crippen LogP contribution in [0, 0.1) is 0 Å². The summed E-state index contributed by atoms with van der Waals surface area (Å²) in [7, 11) is 0. The lowest BCUT2D eigenvalue weighted by molar-refractivity contribution is 0.280. The standard InChI is InChI=1S/C20H19N5O/c26-14-13-17(15-7-3-1-4-8-15)21-18-11-12-19-22-23-20(25(19)24-18)16-9-5-2-6-10-16/h1-12,17,26H,13-14H2,(H,21,24)/t17-/m1/s1. The molecular formula is C20H19N5O. The van der Waals surface area contributed by atoms with Gasteiger partial charge in [-0.05, 0) is 24.1 Å². The van der Waals surface area contributed by atoms with Crippen molar-refractivity contribution in [1.29, 1.82) is 0 Å². The Balaban J connectivity index is 1.68. The third-order valence-electron chi connectivity index (χ3n) is 4.24. The third kappa shape index (κ3) is 3.27. The smallest absolute Gasteiger partial charge is 0.185 e. The number of anilines is 1. The molecule has 0 radical (unpaired) electrons. The molecule has 0 unspecified atom stereocenters. The van der Waals surface area contributed by atoms with Gasteiger partial charge in [0.25, 0.3) is 0 Å². The van der Waals surface area contributed by atoms with Gasteiger partial charge in [0.15, 0.2) is 11.5 Å².